The van der Waals surface area contributed by atoms with Crippen molar-refractivity contribution in [1.82, 2.24) is 19.6 Å². The first-order valence-electron chi connectivity index (χ1n) is 11.3. The molecule has 1 saturated carbocycles. The Balaban J connectivity index is 1.69. The molecule has 6 heteroatoms. The third-order valence-corrected chi connectivity index (χ3v) is 6.21. The van der Waals surface area contributed by atoms with Gasteiger partial charge < -0.3 is 4.90 Å². The summed E-state index contributed by atoms with van der Waals surface area (Å²) in [4.78, 5) is 17.5. The minimum Gasteiger partial charge on any atom is -0.336 e. The fourth-order valence-corrected chi connectivity index (χ4v) is 4.62. The Hall–Kier alpha value is -1.85. The summed E-state index contributed by atoms with van der Waals surface area (Å²) in [5.74, 6) is 0.970. The molecule has 30 heavy (non-hydrogen) atoms. The van der Waals surface area contributed by atoms with Crippen molar-refractivity contribution in [2.45, 2.75) is 59.5 Å². The number of carbonyl (C=O) groups is 1. The normalized spacial score (nSPS) is 16.7. The Kier molecular flexibility index (Phi) is 6.49. The molecule has 5 nitrogen and oxygen atoms in total. The van der Waals surface area contributed by atoms with Gasteiger partial charge in [-0.15, -0.1) is 0 Å². The van der Waals surface area contributed by atoms with Crippen LogP contribution >= 0.6 is 11.6 Å². The maximum atomic E-state index is 13.0. The highest BCUT2D eigenvalue weighted by atomic mass is 35.5. The van der Waals surface area contributed by atoms with Gasteiger partial charge in [-0.1, -0.05) is 38.4 Å². The van der Waals surface area contributed by atoms with Gasteiger partial charge in [0.15, 0.2) is 0 Å². The lowest BCUT2D eigenvalue weighted by Crippen LogP contribution is -2.36. The molecular weight excluding hydrogens is 396 g/mol. The molecule has 162 valence electrons. The number of benzene rings is 1. The van der Waals surface area contributed by atoms with E-state index in [1.165, 1.54) is 11.3 Å². The van der Waals surface area contributed by atoms with Gasteiger partial charge in [0.1, 0.15) is 0 Å². The fraction of sp³-hybridized carbons (Fsp3) is 0.583. The number of nitrogens with zero attached hydrogens (tertiary/aromatic N) is 4. The summed E-state index contributed by atoms with van der Waals surface area (Å²) in [5, 5.41) is 5.76. The van der Waals surface area contributed by atoms with Crippen molar-refractivity contribution in [1.29, 1.82) is 0 Å². The molecule has 1 aromatic carbocycles. The average Bonchev–Trinajstić information content (AvgIpc) is 3.50. The van der Waals surface area contributed by atoms with E-state index in [2.05, 4.69) is 36.4 Å². The molecule has 1 amide bonds. The highest BCUT2D eigenvalue weighted by Gasteiger charge is 2.35. The van der Waals surface area contributed by atoms with Gasteiger partial charge in [0.05, 0.1) is 23.6 Å². The highest BCUT2D eigenvalue weighted by Crippen LogP contribution is 2.33. The Labute approximate surface area is 185 Å². The molecule has 0 saturated heterocycles. The molecule has 1 aromatic heterocycles. The number of halogens is 1. The van der Waals surface area contributed by atoms with Crippen molar-refractivity contribution in [3.8, 4) is 5.69 Å². The van der Waals surface area contributed by atoms with Gasteiger partial charge >= 0.3 is 0 Å². The van der Waals surface area contributed by atoms with E-state index in [4.69, 9.17) is 16.7 Å². The molecule has 1 aliphatic carbocycles. The van der Waals surface area contributed by atoms with Crippen LogP contribution in [-0.2, 0) is 24.3 Å². The quantitative estimate of drug-likeness (QED) is 0.612. The van der Waals surface area contributed by atoms with Crippen LogP contribution in [-0.4, -0.2) is 45.1 Å². The van der Waals surface area contributed by atoms with Crippen LogP contribution in [0.3, 0.4) is 0 Å². The predicted molar refractivity (Wildman–Crippen MR) is 121 cm³/mol. The molecule has 2 aliphatic rings. The maximum Gasteiger partial charge on any atom is 0.226 e. The van der Waals surface area contributed by atoms with E-state index >= 15 is 0 Å². The molecule has 2 aromatic rings. The SMILES string of the molecule is CCCN1CCc2c(c(CN(CC(C)C)C(=O)C3CC3)nn2-c2cccc(Cl)c2)C1. The molecule has 0 unspecified atom stereocenters. The number of aromatic nitrogens is 2. The van der Waals surface area contributed by atoms with E-state index in [1.807, 2.05) is 23.1 Å². The van der Waals surface area contributed by atoms with Crippen molar-refractivity contribution < 1.29 is 4.79 Å². The van der Waals surface area contributed by atoms with Crippen LogP contribution in [0.4, 0.5) is 0 Å². The van der Waals surface area contributed by atoms with Gasteiger partial charge in [0.25, 0.3) is 0 Å². The zero-order chi connectivity index (χ0) is 21.3. The Morgan fingerprint density at radius 3 is 2.80 bits per heavy atom. The standard InChI is InChI=1S/C24H33ClN4O/c1-4-11-27-12-10-23-21(15-27)22(26-29(23)20-7-5-6-19(25)13-20)16-28(14-17(2)3)24(30)18-8-9-18/h5-7,13,17-18H,4,8-12,14-16H2,1-3H3. The van der Waals surface area contributed by atoms with Crippen molar-refractivity contribution in [3.05, 3.63) is 46.2 Å². The lowest BCUT2D eigenvalue weighted by Gasteiger charge is -2.28. The van der Waals surface area contributed by atoms with Crippen LogP contribution in [0.25, 0.3) is 5.69 Å². The van der Waals surface area contributed by atoms with Gasteiger partial charge in [-0.25, -0.2) is 4.68 Å². The van der Waals surface area contributed by atoms with E-state index in [9.17, 15) is 4.79 Å². The molecule has 0 atom stereocenters. The molecule has 0 radical (unpaired) electrons. The minimum atomic E-state index is 0.228. The van der Waals surface area contributed by atoms with Gasteiger partial charge in [-0.05, 0) is 49.9 Å². The maximum absolute atomic E-state index is 13.0. The first-order valence-corrected chi connectivity index (χ1v) is 11.7. The molecule has 2 heterocycles. The topological polar surface area (TPSA) is 41.4 Å². The molecule has 4 rings (SSSR count). The molecular formula is C24H33ClN4O. The van der Waals surface area contributed by atoms with Crippen LogP contribution < -0.4 is 0 Å². The van der Waals surface area contributed by atoms with Gasteiger partial charge in [0.2, 0.25) is 5.91 Å². The van der Waals surface area contributed by atoms with Gasteiger partial charge in [-0.3, -0.25) is 9.69 Å². The second kappa shape index (κ2) is 9.11. The third-order valence-electron chi connectivity index (χ3n) is 5.98. The Morgan fingerprint density at radius 2 is 2.13 bits per heavy atom. The summed E-state index contributed by atoms with van der Waals surface area (Å²) in [6, 6.07) is 7.89. The number of hydrogen-bond donors (Lipinski definition) is 0. The number of hydrogen-bond acceptors (Lipinski definition) is 3. The van der Waals surface area contributed by atoms with E-state index in [0.717, 1.165) is 63.2 Å². The first kappa shape index (κ1) is 21.4. The number of fused-ring (bicyclic) bond motifs is 1. The van der Waals surface area contributed by atoms with Crippen molar-refractivity contribution in [2.75, 3.05) is 19.6 Å². The van der Waals surface area contributed by atoms with E-state index in [1.54, 1.807) is 0 Å². The largest absolute Gasteiger partial charge is 0.336 e. The summed E-state index contributed by atoms with van der Waals surface area (Å²) >= 11 is 6.27. The van der Waals surface area contributed by atoms with Crippen LogP contribution in [0.1, 0.15) is 57.0 Å². The molecule has 1 aliphatic heterocycles. The van der Waals surface area contributed by atoms with Crippen molar-refractivity contribution in [2.24, 2.45) is 11.8 Å². The summed E-state index contributed by atoms with van der Waals surface area (Å²) in [6.07, 6.45) is 4.18. The highest BCUT2D eigenvalue weighted by molar-refractivity contribution is 6.30. The molecule has 0 spiro atoms. The van der Waals surface area contributed by atoms with E-state index in [0.29, 0.717) is 23.4 Å². The molecule has 0 N–H and O–H groups in total. The average molecular weight is 429 g/mol. The third kappa shape index (κ3) is 4.73. The zero-order valence-corrected chi connectivity index (χ0v) is 19.2. The van der Waals surface area contributed by atoms with E-state index in [-0.39, 0.29) is 5.92 Å². The summed E-state index contributed by atoms with van der Waals surface area (Å²) in [5.41, 5.74) is 4.60. The number of carbonyl (C=O) groups excluding carboxylic acids is 1. The second-order valence-corrected chi connectivity index (χ2v) is 9.61. The first-order chi connectivity index (χ1) is 14.5. The van der Waals surface area contributed by atoms with Gasteiger partial charge in [0, 0.05) is 42.6 Å². The summed E-state index contributed by atoms with van der Waals surface area (Å²) in [7, 11) is 0. The van der Waals surface area contributed by atoms with Crippen LogP contribution in [0.2, 0.25) is 5.02 Å². The fourth-order valence-electron chi connectivity index (χ4n) is 4.44. The minimum absolute atomic E-state index is 0.228. The van der Waals surface area contributed by atoms with Gasteiger partial charge in [-0.2, -0.15) is 5.10 Å². The predicted octanol–water partition coefficient (Wildman–Crippen LogP) is 4.69. The van der Waals surface area contributed by atoms with Crippen LogP contribution in [0, 0.1) is 11.8 Å². The summed E-state index contributed by atoms with van der Waals surface area (Å²) in [6.45, 7) is 11.0. The lowest BCUT2D eigenvalue weighted by molar-refractivity contribution is -0.133. The number of amides is 1. The van der Waals surface area contributed by atoms with Crippen LogP contribution in [0.15, 0.2) is 24.3 Å². The smallest absolute Gasteiger partial charge is 0.226 e. The molecule has 1 fully saturated rings. The Morgan fingerprint density at radius 1 is 1.33 bits per heavy atom. The Bertz CT molecular complexity index is 903. The molecule has 0 bridgehead atoms. The summed E-state index contributed by atoms with van der Waals surface area (Å²) < 4.78 is 2.06. The lowest BCUT2D eigenvalue weighted by atomic mass is 10.0. The number of rotatable bonds is 8. The van der Waals surface area contributed by atoms with Crippen LogP contribution in [0.5, 0.6) is 0 Å². The van der Waals surface area contributed by atoms with Crippen molar-refractivity contribution in [3.63, 3.8) is 0 Å². The van der Waals surface area contributed by atoms with Crippen molar-refractivity contribution >= 4 is 17.5 Å². The second-order valence-electron chi connectivity index (χ2n) is 9.18. The van der Waals surface area contributed by atoms with E-state index < -0.39 is 0 Å². The zero-order valence-electron chi connectivity index (χ0n) is 18.4. The monoisotopic (exact) mass is 428 g/mol.